The Labute approximate surface area is 250 Å². The number of aromatic nitrogens is 1. The first-order chi connectivity index (χ1) is 20.7. The number of aliphatic hydroxyl groups excluding tert-OH is 1. The number of nitrogens with zero attached hydrogens (tertiary/aromatic N) is 3. The highest BCUT2D eigenvalue weighted by Gasteiger charge is 2.37. The molecule has 4 rings (SSSR count). The van der Waals surface area contributed by atoms with E-state index in [1.165, 1.54) is 4.57 Å². The number of benzene rings is 1. The van der Waals surface area contributed by atoms with Gasteiger partial charge >= 0.3 is 0 Å². The Hall–Kier alpha value is -3.29. The highest BCUT2D eigenvalue weighted by molar-refractivity contribution is 6.04. The molecule has 1 aromatic carbocycles. The summed E-state index contributed by atoms with van der Waals surface area (Å²) in [4.78, 5) is 43.6. The van der Waals surface area contributed by atoms with Gasteiger partial charge in [-0.25, -0.2) is 8.78 Å². The average molecular weight is 608 g/mol. The predicted molar refractivity (Wildman–Crippen MR) is 156 cm³/mol. The first-order valence-corrected chi connectivity index (χ1v) is 15.0. The van der Waals surface area contributed by atoms with Crippen molar-refractivity contribution in [1.82, 2.24) is 25.0 Å². The minimum absolute atomic E-state index is 0.0289. The molecule has 2 aromatic rings. The third-order valence-electron chi connectivity index (χ3n) is 8.50. The van der Waals surface area contributed by atoms with Crippen molar-refractivity contribution in [1.29, 1.82) is 0 Å². The van der Waals surface area contributed by atoms with Crippen LogP contribution in [0, 0.1) is 17.6 Å². The summed E-state index contributed by atoms with van der Waals surface area (Å²) in [6, 6.07) is 0.980. The lowest BCUT2D eigenvalue weighted by atomic mass is 9.83. The molecule has 13 heteroatoms. The number of likely N-dealkylation sites (N-methyl/N-ethyl adjacent to an activating group) is 1. The van der Waals surface area contributed by atoms with Gasteiger partial charge in [-0.3, -0.25) is 14.4 Å². The molecule has 238 valence electrons. The molecule has 43 heavy (non-hydrogen) atoms. The summed E-state index contributed by atoms with van der Waals surface area (Å²) >= 11 is 0. The molecule has 2 fully saturated rings. The second kappa shape index (κ2) is 14.9. The van der Waals surface area contributed by atoms with Crippen LogP contribution in [-0.4, -0.2) is 109 Å². The predicted octanol–water partition coefficient (Wildman–Crippen LogP) is 1.80. The van der Waals surface area contributed by atoms with Crippen molar-refractivity contribution < 1.29 is 37.7 Å². The molecule has 1 aromatic heterocycles. The van der Waals surface area contributed by atoms with E-state index in [4.69, 9.17) is 14.6 Å². The number of ether oxygens (including phenoxy) is 2. The van der Waals surface area contributed by atoms with Crippen LogP contribution in [0.5, 0.6) is 5.75 Å². The number of piperazine rings is 1. The van der Waals surface area contributed by atoms with Crippen molar-refractivity contribution in [2.45, 2.75) is 51.1 Å². The molecule has 11 nitrogen and oxygen atoms in total. The number of aliphatic hydroxyl groups is 1. The Morgan fingerprint density at radius 1 is 1.00 bits per heavy atom. The maximum atomic E-state index is 14.2. The zero-order valence-corrected chi connectivity index (χ0v) is 25.2. The molecule has 1 saturated heterocycles. The van der Waals surface area contributed by atoms with Gasteiger partial charge in [-0.05, 0) is 38.8 Å². The lowest BCUT2D eigenvalue weighted by molar-refractivity contribution is -0.140. The summed E-state index contributed by atoms with van der Waals surface area (Å²) < 4.78 is 41.0. The molecular formula is C30H43F2N5O6. The van der Waals surface area contributed by atoms with Gasteiger partial charge in [0.25, 0.3) is 5.91 Å². The number of carbonyl (C=O) groups is 3. The average Bonchev–Trinajstić information content (AvgIpc) is 3.28. The fourth-order valence-corrected chi connectivity index (χ4v) is 5.89. The van der Waals surface area contributed by atoms with E-state index in [0.717, 1.165) is 44.2 Å². The molecule has 3 amide bonds. The van der Waals surface area contributed by atoms with Gasteiger partial charge in [0.2, 0.25) is 11.8 Å². The highest BCUT2D eigenvalue weighted by atomic mass is 19.2. The van der Waals surface area contributed by atoms with E-state index in [0.29, 0.717) is 5.52 Å². The number of nitrogens with one attached hydrogen (secondary N) is 2. The van der Waals surface area contributed by atoms with Gasteiger partial charge in [-0.15, -0.1) is 0 Å². The molecule has 2 aliphatic rings. The van der Waals surface area contributed by atoms with Crippen molar-refractivity contribution in [2.24, 2.45) is 13.0 Å². The maximum Gasteiger partial charge on any atom is 0.274 e. The van der Waals surface area contributed by atoms with Crippen LogP contribution in [0.15, 0.2) is 12.1 Å². The van der Waals surface area contributed by atoms with Crippen LogP contribution in [0.25, 0.3) is 10.9 Å². The lowest BCUT2D eigenvalue weighted by Gasteiger charge is -2.39. The van der Waals surface area contributed by atoms with Crippen LogP contribution >= 0.6 is 0 Å². The SMILES string of the molecule is CN[C@@H](C)C(=O)N[C@H](C(=O)N1CCN(C(=O)c2c(OCCOCCO)c3cc(F)c(F)cc3n2C)CC1)C1CCCCC1. The molecule has 0 unspecified atom stereocenters. The Balaban J connectivity index is 1.50. The summed E-state index contributed by atoms with van der Waals surface area (Å²) in [5.41, 5.74) is 0.430. The second-order valence-electron chi connectivity index (χ2n) is 11.2. The maximum absolute atomic E-state index is 14.2. The number of fused-ring (bicyclic) bond motifs is 1. The first kappa shape index (κ1) is 32.6. The van der Waals surface area contributed by atoms with Crippen molar-refractivity contribution in [3.63, 3.8) is 0 Å². The Kier molecular flexibility index (Phi) is 11.3. The zero-order chi connectivity index (χ0) is 31.1. The molecule has 0 radical (unpaired) electrons. The lowest BCUT2D eigenvalue weighted by Crippen LogP contribution is -2.59. The third kappa shape index (κ3) is 7.44. The van der Waals surface area contributed by atoms with Gasteiger partial charge in [0.05, 0.1) is 31.4 Å². The molecule has 0 bridgehead atoms. The van der Waals surface area contributed by atoms with Crippen LogP contribution in [0.2, 0.25) is 0 Å². The van der Waals surface area contributed by atoms with Gasteiger partial charge in [0, 0.05) is 44.7 Å². The van der Waals surface area contributed by atoms with Gasteiger partial charge in [-0.2, -0.15) is 0 Å². The van der Waals surface area contributed by atoms with Crippen LogP contribution in [-0.2, 0) is 21.4 Å². The number of aryl methyl sites for hydroxylation is 1. The van der Waals surface area contributed by atoms with Gasteiger partial charge in [0.1, 0.15) is 12.6 Å². The van der Waals surface area contributed by atoms with E-state index in [1.807, 2.05) is 0 Å². The fourth-order valence-electron chi connectivity index (χ4n) is 5.89. The Morgan fingerprint density at radius 2 is 1.65 bits per heavy atom. The van der Waals surface area contributed by atoms with Crippen molar-refractivity contribution >= 4 is 28.6 Å². The van der Waals surface area contributed by atoms with Gasteiger partial charge in [-0.1, -0.05) is 19.3 Å². The van der Waals surface area contributed by atoms with E-state index in [2.05, 4.69) is 10.6 Å². The van der Waals surface area contributed by atoms with Crippen LogP contribution in [0.3, 0.4) is 0 Å². The number of halogens is 2. The summed E-state index contributed by atoms with van der Waals surface area (Å²) in [5, 5.41) is 15.1. The van der Waals surface area contributed by atoms with E-state index >= 15 is 0 Å². The van der Waals surface area contributed by atoms with Crippen LogP contribution in [0.4, 0.5) is 8.78 Å². The molecule has 2 heterocycles. The third-order valence-corrected chi connectivity index (χ3v) is 8.50. The number of amides is 3. The summed E-state index contributed by atoms with van der Waals surface area (Å²) in [7, 11) is 3.29. The quantitative estimate of drug-likeness (QED) is 0.315. The first-order valence-electron chi connectivity index (χ1n) is 15.0. The zero-order valence-electron chi connectivity index (χ0n) is 25.2. The van der Waals surface area contributed by atoms with E-state index in [9.17, 15) is 23.2 Å². The van der Waals surface area contributed by atoms with Crippen molar-refractivity contribution in [3.8, 4) is 5.75 Å². The standard InChI is InChI=1S/C30H43F2N5O6/c1-19(33-2)28(39)34-25(20-7-5-4-6-8-20)29(40)36-9-11-37(12-10-36)30(41)26-27(43-16-15-42-14-13-38)21-17-22(31)23(32)18-24(21)35(26)3/h17-20,25,33,38H,4-16H2,1-3H3,(H,34,39)/t19-,25-/m0/s1. The number of hydrogen-bond acceptors (Lipinski definition) is 7. The summed E-state index contributed by atoms with van der Waals surface area (Å²) in [6.07, 6.45) is 4.90. The molecule has 0 spiro atoms. The monoisotopic (exact) mass is 607 g/mol. The molecule has 1 aliphatic heterocycles. The molecule has 1 aliphatic carbocycles. The summed E-state index contributed by atoms with van der Waals surface area (Å²) in [5.74, 6) is -2.68. The Bertz CT molecular complexity index is 1290. The van der Waals surface area contributed by atoms with Crippen molar-refractivity contribution in [2.75, 3.05) is 59.7 Å². The number of rotatable bonds is 12. The fraction of sp³-hybridized carbons (Fsp3) is 0.633. The van der Waals surface area contributed by atoms with Crippen LogP contribution < -0.4 is 15.4 Å². The van der Waals surface area contributed by atoms with Gasteiger partial charge in [0.15, 0.2) is 23.1 Å². The van der Waals surface area contributed by atoms with E-state index in [-0.39, 0.29) is 87.2 Å². The Morgan fingerprint density at radius 3 is 2.30 bits per heavy atom. The molecule has 2 atom stereocenters. The van der Waals surface area contributed by atoms with Gasteiger partial charge < -0.3 is 39.6 Å². The minimum atomic E-state index is -1.06. The van der Waals surface area contributed by atoms with Crippen LogP contribution in [0.1, 0.15) is 49.5 Å². The largest absolute Gasteiger partial charge is 0.488 e. The normalized spacial score (nSPS) is 17.6. The minimum Gasteiger partial charge on any atom is -0.488 e. The highest BCUT2D eigenvalue weighted by Crippen LogP contribution is 2.35. The molecule has 3 N–H and O–H groups in total. The number of carbonyl (C=O) groups excluding carboxylic acids is 3. The second-order valence-corrected chi connectivity index (χ2v) is 11.2. The molecular weight excluding hydrogens is 564 g/mol. The van der Waals surface area contributed by atoms with E-state index in [1.54, 1.807) is 30.8 Å². The summed E-state index contributed by atoms with van der Waals surface area (Å²) in [6.45, 7) is 2.92. The van der Waals surface area contributed by atoms with E-state index < -0.39 is 29.6 Å². The van der Waals surface area contributed by atoms with Crippen molar-refractivity contribution in [3.05, 3.63) is 29.5 Å². The molecule has 1 saturated carbocycles. The smallest absolute Gasteiger partial charge is 0.274 e. The number of hydrogen-bond donors (Lipinski definition) is 3. The topological polar surface area (TPSA) is 125 Å².